The molecule has 6 heteroatoms. The highest BCUT2D eigenvalue weighted by molar-refractivity contribution is 5.91. The van der Waals surface area contributed by atoms with Crippen molar-refractivity contribution < 1.29 is 19.8 Å². The number of benzene rings is 1. The van der Waals surface area contributed by atoms with Crippen LogP contribution in [0.4, 0.5) is 5.69 Å². The van der Waals surface area contributed by atoms with Gasteiger partial charge in [0.2, 0.25) is 5.91 Å². The van der Waals surface area contributed by atoms with Crippen LogP contribution in [0.5, 0.6) is 0 Å². The van der Waals surface area contributed by atoms with E-state index in [2.05, 4.69) is 10.6 Å². The monoisotopic (exact) mass is 250 g/mol. The number of amides is 1. The number of carbonyl (C=O) groups is 2. The maximum Gasteiger partial charge on any atom is 0.328 e. The highest BCUT2D eigenvalue weighted by atomic mass is 16.4. The zero-order valence-electron chi connectivity index (χ0n) is 9.59. The second kappa shape index (κ2) is 5.05. The van der Waals surface area contributed by atoms with E-state index in [4.69, 9.17) is 10.2 Å². The summed E-state index contributed by atoms with van der Waals surface area (Å²) in [6.07, 6.45) is 0. The molecule has 1 aliphatic heterocycles. The van der Waals surface area contributed by atoms with E-state index in [-0.39, 0.29) is 0 Å². The zero-order chi connectivity index (χ0) is 13.1. The normalized spacial score (nSPS) is 18.6. The SMILES string of the molecule is O=C(O)C(CO)NC(=O)C1CNc2ccccc21. The molecule has 0 saturated carbocycles. The number of hydrogen-bond acceptors (Lipinski definition) is 4. The summed E-state index contributed by atoms with van der Waals surface area (Å²) >= 11 is 0. The highest BCUT2D eigenvalue weighted by Crippen LogP contribution is 2.30. The molecule has 1 amide bonds. The molecule has 0 radical (unpaired) electrons. The van der Waals surface area contributed by atoms with Crippen LogP contribution in [0.25, 0.3) is 0 Å². The Morgan fingerprint density at radius 2 is 2.17 bits per heavy atom. The number of carboxylic acid groups (broad SMARTS) is 1. The van der Waals surface area contributed by atoms with Crippen LogP contribution in [0.1, 0.15) is 11.5 Å². The Kier molecular flexibility index (Phi) is 3.47. The number of carbonyl (C=O) groups excluding carboxylic acids is 1. The molecule has 18 heavy (non-hydrogen) atoms. The van der Waals surface area contributed by atoms with Gasteiger partial charge in [0.25, 0.3) is 0 Å². The van der Waals surface area contributed by atoms with E-state index >= 15 is 0 Å². The van der Waals surface area contributed by atoms with Crippen LogP contribution in [0.15, 0.2) is 24.3 Å². The van der Waals surface area contributed by atoms with E-state index in [0.717, 1.165) is 11.3 Å². The minimum absolute atomic E-state index is 0.395. The van der Waals surface area contributed by atoms with E-state index in [1.54, 1.807) is 0 Å². The molecule has 2 rings (SSSR count). The van der Waals surface area contributed by atoms with Gasteiger partial charge in [-0.25, -0.2) is 4.79 Å². The topological polar surface area (TPSA) is 98.7 Å². The number of carboxylic acids is 1. The number of nitrogens with one attached hydrogen (secondary N) is 2. The van der Waals surface area contributed by atoms with Crippen LogP contribution in [-0.2, 0) is 9.59 Å². The van der Waals surface area contributed by atoms with Crippen molar-refractivity contribution in [3.8, 4) is 0 Å². The van der Waals surface area contributed by atoms with Gasteiger partial charge in [0.15, 0.2) is 0 Å². The van der Waals surface area contributed by atoms with Crippen LogP contribution in [-0.4, -0.2) is 41.3 Å². The molecule has 1 aromatic rings. The third kappa shape index (κ3) is 2.28. The molecule has 2 atom stereocenters. The van der Waals surface area contributed by atoms with E-state index in [1.165, 1.54) is 0 Å². The van der Waals surface area contributed by atoms with Gasteiger partial charge in [0.05, 0.1) is 12.5 Å². The minimum Gasteiger partial charge on any atom is -0.480 e. The molecule has 1 aromatic carbocycles. The quantitative estimate of drug-likeness (QED) is 0.591. The van der Waals surface area contributed by atoms with Gasteiger partial charge >= 0.3 is 5.97 Å². The standard InChI is InChI=1S/C12H14N2O4/c15-6-10(12(17)18)14-11(16)8-5-13-9-4-2-1-3-7(8)9/h1-4,8,10,13,15H,5-6H2,(H,14,16)(H,17,18). The van der Waals surface area contributed by atoms with Gasteiger partial charge in [-0.05, 0) is 11.6 Å². The second-order valence-corrected chi connectivity index (χ2v) is 4.10. The van der Waals surface area contributed by atoms with Crippen molar-refractivity contribution in [2.24, 2.45) is 0 Å². The number of fused-ring (bicyclic) bond motifs is 1. The first-order valence-electron chi connectivity index (χ1n) is 5.60. The lowest BCUT2D eigenvalue weighted by atomic mass is 10.0. The fraction of sp³-hybridized carbons (Fsp3) is 0.333. The number of aliphatic hydroxyl groups is 1. The Bertz CT molecular complexity index is 475. The molecule has 96 valence electrons. The maximum atomic E-state index is 12.0. The lowest BCUT2D eigenvalue weighted by Gasteiger charge is -2.15. The lowest BCUT2D eigenvalue weighted by Crippen LogP contribution is -2.45. The van der Waals surface area contributed by atoms with Crippen molar-refractivity contribution in [2.45, 2.75) is 12.0 Å². The number of hydrogen-bond donors (Lipinski definition) is 4. The average Bonchev–Trinajstić information content (AvgIpc) is 2.79. The molecule has 0 fully saturated rings. The molecule has 0 saturated heterocycles. The van der Waals surface area contributed by atoms with E-state index < -0.39 is 30.4 Å². The van der Waals surface area contributed by atoms with Crippen LogP contribution in [0.3, 0.4) is 0 Å². The van der Waals surface area contributed by atoms with Gasteiger partial charge in [0, 0.05) is 12.2 Å². The Morgan fingerprint density at radius 1 is 1.44 bits per heavy atom. The molecular weight excluding hydrogens is 236 g/mol. The summed E-state index contributed by atoms with van der Waals surface area (Å²) < 4.78 is 0. The first-order chi connectivity index (χ1) is 8.63. The smallest absolute Gasteiger partial charge is 0.328 e. The maximum absolute atomic E-state index is 12.0. The predicted molar refractivity (Wildman–Crippen MR) is 64.3 cm³/mol. The summed E-state index contributed by atoms with van der Waals surface area (Å²) in [6.45, 7) is -0.189. The minimum atomic E-state index is -1.26. The number of para-hydroxylation sites is 1. The van der Waals surface area contributed by atoms with Crippen LogP contribution in [0.2, 0.25) is 0 Å². The number of aliphatic hydroxyl groups excluding tert-OH is 1. The number of aliphatic carboxylic acids is 1. The van der Waals surface area contributed by atoms with Gasteiger partial charge < -0.3 is 20.8 Å². The molecule has 0 spiro atoms. The molecule has 2 unspecified atom stereocenters. The Labute approximate surface area is 104 Å². The molecule has 1 heterocycles. The van der Waals surface area contributed by atoms with Crippen LogP contribution >= 0.6 is 0 Å². The summed E-state index contributed by atoms with van der Waals surface area (Å²) in [5.74, 6) is -2.06. The van der Waals surface area contributed by atoms with Crippen molar-refractivity contribution in [1.82, 2.24) is 5.32 Å². The van der Waals surface area contributed by atoms with Gasteiger partial charge in [-0.3, -0.25) is 4.79 Å². The van der Waals surface area contributed by atoms with Gasteiger partial charge in [-0.15, -0.1) is 0 Å². The van der Waals surface area contributed by atoms with Crippen molar-refractivity contribution in [3.63, 3.8) is 0 Å². The Morgan fingerprint density at radius 3 is 2.83 bits per heavy atom. The summed E-state index contributed by atoms with van der Waals surface area (Å²) in [6, 6.07) is 6.12. The fourth-order valence-electron chi connectivity index (χ4n) is 1.98. The first-order valence-corrected chi connectivity index (χ1v) is 5.60. The molecule has 0 aromatic heterocycles. The molecule has 4 N–H and O–H groups in total. The van der Waals surface area contributed by atoms with E-state index in [9.17, 15) is 9.59 Å². The summed E-state index contributed by atoms with van der Waals surface area (Å²) in [4.78, 5) is 22.7. The summed E-state index contributed by atoms with van der Waals surface area (Å²) in [5.41, 5.74) is 1.73. The Balaban J connectivity index is 2.10. The predicted octanol–water partition coefficient (Wildman–Crippen LogP) is -0.243. The summed E-state index contributed by atoms with van der Waals surface area (Å²) in [7, 11) is 0. The van der Waals surface area contributed by atoms with E-state index in [1.807, 2.05) is 24.3 Å². The van der Waals surface area contributed by atoms with Gasteiger partial charge in [-0.2, -0.15) is 0 Å². The first kappa shape index (κ1) is 12.4. The second-order valence-electron chi connectivity index (χ2n) is 4.10. The zero-order valence-corrected chi connectivity index (χ0v) is 9.59. The van der Waals surface area contributed by atoms with Crippen molar-refractivity contribution in [1.29, 1.82) is 0 Å². The van der Waals surface area contributed by atoms with Gasteiger partial charge in [0.1, 0.15) is 6.04 Å². The fourth-order valence-corrected chi connectivity index (χ4v) is 1.98. The Hall–Kier alpha value is -2.08. The molecule has 0 aliphatic carbocycles. The third-order valence-electron chi connectivity index (χ3n) is 2.95. The van der Waals surface area contributed by atoms with E-state index in [0.29, 0.717) is 6.54 Å². The van der Waals surface area contributed by atoms with Crippen LogP contribution in [0, 0.1) is 0 Å². The van der Waals surface area contributed by atoms with Crippen molar-refractivity contribution >= 4 is 17.6 Å². The molecule has 0 bridgehead atoms. The van der Waals surface area contributed by atoms with Crippen molar-refractivity contribution in [2.75, 3.05) is 18.5 Å². The third-order valence-corrected chi connectivity index (χ3v) is 2.95. The molecule has 6 nitrogen and oxygen atoms in total. The van der Waals surface area contributed by atoms with Crippen LogP contribution < -0.4 is 10.6 Å². The lowest BCUT2D eigenvalue weighted by molar-refractivity contribution is -0.143. The summed E-state index contributed by atoms with van der Waals surface area (Å²) in [5, 5.41) is 23.0. The number of anilines is 1. The average molecular weight is 250 g/mol. The molecule has 1 aliphatic rings. The highest BCUT2D eigenvalue weighted by Gasteiger charge is 2.30. The largest absolute Gasteiger partial charge is 0.480 e. The number of rotatable bonds is 4. The van der Waals surface area contributed by atoms with Gasteiger partial charge in [-0.1, -0.05) is 18.2 Å². The molecular formula is C12H14N2O4. The van der Waals surface area contributed by atoms with Crippen molar-refractivity contribution in [3.05, 3.63) is 29.8 Å².